The van der Waals surface area contributed by atoms with Crippen molar-refractivity contribution in [1.82, 2.24) is 30.7 Å². The minimum atomic E-state index is -0.457. The molecule has 0 bridgehead atoms. The number of carbonyl (C=O) groups excluding carboxylic acids is 4. The molecular formula is C54H70F2N7O9+. The summed E-state index contributed by atoms with van der Waals surface area (Å²) in [4.78, 5) is 60.9. The number of aromatic nitrogens is 2. The Morgan fingerprint density at radius 1 is 0.583 bits per heavy atom. The molecule has 8 rings (SSSR count). The number of ether oxygens (including phenoxy) is 5. The molecule has 16 nitrogen and oxygen atoms in total. The molecule has 4 heterocycles. The first-order chi connectivity index (χ1) is 35.3. The van der Waals surface area contributed by atoms with Crippen LogP contribution in [0.1, 0.15) is 85.5 Å². The van der Waals surface area contributed by atoms with Gasteiger partial charge in [-0.1, -0.05) is 66.7 Å². The quantitative estimate of drug-likeness (QED) is 0.0564. The first-order valence-electron chi connectivity index (χ1n) is 25.2. The molecule has 0 spiro atoms. The number of halogens is 2. The van der Waals surface area contributed by atoms with Crippen LogP contribution in [0, 0.1) is 18.1 Å². The lowest BCUT2D eigenvalue weighted by Gasteiger charge is -2.24. The number of carbonyl (C=O) groups is 4. The molecule has 2 saturated carbocycles. The van der Waals surface area contributed by atoms with E-state index in [9.17, 15) is 28.0 Å². The third-order valence-corrected chi connectivity index (χ3v) is 12.3. The van der Waals surface area contributed by atoms with Gasteiger partial charge in [-0.25, -0.2) is 4.98 Å². The van der Waals surface area contributed by atoms with Crippen LogP contribution in [-0.2, 0) is 56.0 Å². The van der Waals surface area contributed by atoms with Gasteiger partial charge in [0.2, 0.25) is 29.6 Å². The van der Waals surface area contributed by atoms with E-state index in [1.165, 1.54) is 6.20 Å². The number of benzene rings is 2. The van der Waals surface area contributed by atoms with E-state index in [-0.39, 0.29) is 55.3 Å². The maximum atomic E-state index is 12.8. The first-order valence-corrected chi connectivity index (χ1v) is 25.2. The molecular weight excluding hydrogens is 929 g/mol. The minimum absolute atomic E-state index is 0.0750. The van der Waals surface area contributed by atoms with Crippen molar-refractivity contribution in [2.45, 2.75) is 88.4 Å². The molecule has 2 atom stereocenters. The Labute approximate surface area is 421 Å². The van der Waals surface area contributed by atoms with Crippen LogP contribution < -0.4 is 20.9 Å². The van der Waals surface area contributed by atoms with Gasteiger partial charge in [0.1, 0.15) is 25.3 Å². The smallest absolute Gasteiger partial charge is 0.378 e. The van der Waals surface area contributed by atoms with Crippen molar-refractivity contribution >= 4 is 23.6 Å². The van der Waals surface area contributed by atoms with Crippen molar-refractivity contribution in [1.29, 1.82) is 0 Å². The molecule has 4 amide bonds. The fraction of sp³-hybridized carbons (Fsp3) is 0.519. The minimum Gasteiger partial charge on any atom is -0.378 e. The summed E-state index contributed by atoms with van der Waals surface area (Å²) in [6.45, 7) is 6.31. The van der Waals surface area contributed by atoms with Gasteiger partial charge in [-0.15, -0.1) is 4.39 Å². The first kappa shape index (κ1) is 55.4. The molecule has 0 radical (unpaired) electrons. The summed E-state index contributed by atoms with van der Waals surface area (Å²) in [5.41, 5.74) is 3.59. The number of likely N-dealkylation sites (tertiary alicyclic amines) is 2. The topological polar surface area (TPSA) is 184 Å². The number of pyridine rings is 1. The van der Waals surface area contributed by atoms with Crippen LogP contribution in [0.5, 0.6) is 0 Å². The summed E-state index contributed by atoms with van der Waals surface area (Å²) in [5.74, 6) is -0.352. The van der Waals surface area contributed by atoms with Crippen molar-refractivity contribution in [2.75, 3.05) is 92.2 Å². The number of nitrogens with zero attached hydrogens (tertiary/aromatic N) is 4. The summed E-state index contributed by atoms with van der Waals surface area (Å²) < 4.78 is 53.1. The average molecular weight is 999 g/mol. The normalized spacial score (nSPS) is 17.0. The van der Waals surface area contributed by atoms with E-state index >= 15 is 0 Å². The van der Waals surface area contributed by atoms with E-state index in [0.29, 0.717) is 110 Å². The van der Waals surface area contributed by atoms with Gasteiger partial charge in [-0.3, -0.25) is 19.2 Å². The molecule has 2 unspecified atom stereocenters. The van der Waals surface area contributed by atoms with E-state index in [0.717, 1.165) is 60.8 Å². The van der Waals surface area contributed by atoms with E-state index in [1.54, 1.807) is 28.0 Å². The second kappa shape index (κ2) is 31.5. The van der Waals surface area contributed by atoms with Crippen LogP contribution in [0.2, 0.25) is 0 Å². The molecule has 2 saturated heterocycles. The Morgan fingerprint density at radius 3 is 1.53 bits per heavy atom. The van der Waals surface area contributed by atoms with Crippen LogP contribution >= 0.6 is 0 Å². The Hall–Kier alpha value is -5.94. The SMILES string of the molecule is Fc1[n+]#cccc1C1CC1.Fc1ncccc1C1CC1.O=C(NCc1ccccc1)C1CCCN1C(=O)COCCOCCNCCOCCOCCOCC(=O)N1CCCC1C(=O)NCc1ccccc1. The Balaban J connectivity index is 0.000000342. The summed E-state index contributed by atoms with van der Waals surface area (Å²) in [7, 11) is 0. The van der Waals surface area contributed by atoms with Crippen molar-refractivity contribution in [3.8, 4) is 0 Å². The molecule has 18 heteroatoms. The molecule has 2 aromatic carbocycles. The Morgan fingerprint density at radius 2 is 1.06 bits per heavy atom. The second-order valence-corrected chi connectivity index (χ2v) is 17.8. The molecule has 4 aromatic rings. The number of hydrogen-bond acceptors (Lipinski definition) is 11. The number of nitrogens with one attached hydrogen (secondary N) is 3. The molecule has 3 N–H and O–H groups in total. The molecule has 388 valence electrons. The Kier molecular flexibility index (Phi) is 24.2. The lowest BCUT2D eigenvalue weighted by atomic mass is 10.2. The van der Waals surface area contributed by atoms with Crippen LogP contribution in [0.4, 0.5) is 8.78 Å². The molecule has 4 fully saturated rings. The van der Waals surface area contributed by atoms with Crippen LogP contribution in [-0.4, -0.2) is 143 Å². The fourth-order valence-corrected chi connectivity index (χ4v) is 8.19. The van der Waals surface area contributed by atoms with Gasteiger partial charge in [0.25, 0.3) is 0 Å². The lowest BCUT2D eigenvalue weighted by Crippen LogP contribution is -2.47. The van der Waals surface area contributed by atoms with Gasteiger partial charge in [-0.05, 0) is 86.5 Å². The predicted molar refractivity (Wildman–Crippen MR) is 262 cm³/mol. The zero-order chi connectivity index (χ0) is 50.6. The largest absolute Gasteiger partial charge is 0.497 e. The molecule has 2 aliphatic heterocycles. The summed E-state index contributed by atoms with van der Waals surface area (Å²) in [6.07, 6.45) is 11.3. The van der Waals surface area contributed by atoms with Gasteiger partial charge < -0.3 is 49.4 Å². The molecule has 2 aromatic heterocycles. The van der Waals surface area contributed by atoms with E-state index < -0.39 is 12.1 Å². The highest BCUT2D eigenvalue weighted by molar-refractivity contribution is 5.89. The summed E-state index contributed by atoms with van der Waals surface area (Å²) in [5, 5.41) is 9.10. The Bertz CT molecular complexity index is 2070. The van der Waals surface area contributed by atoms with E-state index in [2.05, 4.69) is 32.1 Å². The molecule has 2 aliphatic carbocycles. The van der Waals surface area contributed by atoms with Crippen LogP contribution in [0.25, 0.3) is 0 Å². The highest BCUT2D eigenvalue weighted by Crippen LogP contribution is 2.41. The standard InChI is InChI=1S/C38H55N5O9.C8H8FN.C8H7FN/c44-35(42-17-7-13-33(42)37(46)40-27-31-9-3-1-4-10-31)29-51-25-23-49-20-16-39-15-19-48-21-22-50-24-26-52-30-36(45)43-18-8-14-34(43)38(47)41-28-32-11-5-2-6-12-32;2*9-8-7(6-3-4-6)2-1-5-10-8/h1-6,9-12,33-34,39H,7-8,13-30H2,(H,40,46)(H,41,47);1-2,5-6H,3-4H2;1-2,6H,3-4H2/q;;+1. The van der Waals surface area contributed by atoms with Crippen molar-refractivity contribution in [3.05, 3.63) is 131 Å². The average Bonchev–Trinajstić information content (AvgIpc) is 4.33. The van der Waals surface area contributed by atoms with E-state index in [1.807, 2.05) is 66.7 Å². The van der Waals surface area contributed by atoms with Gasteiger partial charge in [-0.2, -0.15) is 4.39 Å². The van der Waals surface area contributed by atoms with Gasteiger partial charge in [0.05, 0.1) is 64.5 Å². The van der Waals surface area contributed by atoms with Crippen molar-refractivity contribution < 1.29 is 56.6 Å². The number of amides is 4. The lowest BCUT2D eigenvalue weighted by molar-refractivity contribution is -0.345. The second-order valence-electron chi connectivity index (χ2n) is 17.8. The third-order valence-electron chi connectivity index (χ3n) is 12.3. The van der Waals surface area contributed by atoms with Gasteiger partial charge in [0, 0.05) is 56.0 Å². The number of hydrogen-bond donors (Lipinski definition) is 3. The highest BCUT2D eigenvalue weighted by atomic mass is 19.1. The monoisotopic (exact) mass is 999 g/mol. The van der Waals surface area contributed by atoms with Crippen molar-refractivity contribution in [3.63, 3.8) is 0 Å². The zero-order valence-electron chi connectivity index (χ0n) is 41.2. The zero-order valence-corrected chi connectivity index (χ0v) is 41.2. The third kappa shape index (κ3) is 19.9. The van der Waals surface area contributed by atoms with E-state index in [4.69, 9.17) is 23.7 Å². The summed E-state index contributed by atoms with van der Waals surface area (Å²) in [6, 6.07) is 25.5. The highest BCUT2D eigenvalue weighted by Gasteiger charge is 2.35. The van der Waals surface area contributed by atoms with Crippen molar-refractivity contribution in [2.24, 2.45) is 0 Å². The van der Waals surface area contributed by atoms with Crippen LogP contribution in [0.15, 0.2) is 91.1 Å². The van der Waals surface area contributed by atoms with Gasteiger partial charge >= 0.3 is 12.1 Å². The predicted octanol–water partition coefficient (Wildman–Crippen LogP) is 4.48. The maximum Gasteiger partial charge on any atom is 0.497 e. The summed E-state index contributed by atoms with van der Waals surface area (Å²) >= 11 is 0. The van der Waals surface area contributed by atoms with Gasteiger partial charge in [0.15, 0.2) is 0 Å². The number of rotatable bonds is 27. The maximum absolute atomic E-state index is 12.8. The fourth-order valence-electron chi connectivity index (χ4n) is 8.19. The molecule has 72 heavy (non-hydrogen) atoms. The molecule has 4 aliphatic rings. The van der Waals surface area contributed by atoms with Crippen LogP contribution in [0.3, 0.4) is 0 Å².